The van der Waals surface area contributed by atoms with Crippen LogP contribution < -0.4 is 24.0 Å². The number of rotatable bonds is 29. The second-order valence-electron chi connectivity index (χ2n) is 16.1. The molecular weight excluding hydrogens is 863 g/mol. The number of carbonyl (C=O) groups is 3. The molecule has 12 heteroatoms. The number of hydrazone groups is 1. The monoisotopic (exact) mass is 923 g/mol. The molecule has 0 N–H and O–H groups in total. The third-order valence-electron chi connectivity index (χ3n) is 10.9. The van der Waals surface area contributed by atoms with E-state index in [-0.39, 0.29) is 0 Å². The minimum atomic E-state index is -0.520. The SMILES string of the molecule is C=CCCCCCCOc1ccc(C(=O)Oc2cc3ccc(OC(=O)c4ccc(OCCCCCCOC(=O)C=C)cc4)cc3cc2/C=N/N(CCCCCC)c2nc3ccccc3s2)cc1. The molecule has 0 aliphatic heterocycles. The number of allylic oxidation sites excluding steroid dienone is 1. The molecule has 0 aliphatic rings. The zero-order valence-electron chi connectivity index (χ0n) is 38.5. The zero-order chi connectivity index (χ0) is 47.1. The first-order valence-corrected chi connectivity index (χ1v) is 24.2. The van der Waals surface area contributed by atoms with Crippen LogP contribution in [0.2, 0.25) is 0 Å². The summed E-state index contributed by atoms with van der Waals surface area (Å²) in [6.45, 7) is 11.5. The van der Waals surface area contributed by atoms with E-state index in [4.69, 9.17) is 33.8 Å². The van der Waals surface area contributed by atoms with Gasteiger partial charge in [0.05, 0.1) is 47.4 Å². The Morgan fingerprint density at radius 3 is 1.94 bits per heavy atom. The van der Waals surface area contributed by atoms with Crippen molar-refractivity contribution in [1.29, 1.82) is 0 Å². The van der Waals surface area contributed by atoms with Gasteiger partial charge in [-0.1, -0.05) is 81.2 Å². The number of hydrogen-bond acceptors (Lipinski definition) is 12. The van der Waals surface area contributed by atoms with Gasteiger partial charge in [-0.25, -0.2) is 24.4 Å². The number of aromatic nitrogens is 1. The zero-order valence-corrected chi connectivity index (χ0v) is 39.3. The number of para-hydroxylation sites is 1. The number of nitrogens with zero attached hydrogens (tertiary/aromatic N) is 3. The Bertz CT molecular complexity index is 2540. The summed E-state index contributed by atoms with van der Waals surface area (Å²) in [5.74, 6) is 0.585. The summed E-state index contributed by atoms with van der Waals surface area (Å²) >= 11 is 1.58. The topological polar surface area (TPSA) is 126 Å². The Kier molecular flexibility index (Phi) is 20.0. The highest BCUT2D eigenvalue weighted by Crippen LogP contribution is 2.32. The fraction of sp³-hybridized carbons (Fsp3) is 0.327. The number of anilines is 1. The van der Waals surface area contributed by atoms with Crippen LogP contribution in [0.15, 0.2) is 134 Å². The number of thiazole rings is 1. The lowest BCUT2D eigenvalue weighted by molar-refractivity contribution is -0.137. The number of hydrogen-bond donors (Lipinski definition) is 0. The Balaban J connectivity index is 1.16. The number of benzene rings is 5. The lowest BCUT2D eigenvalue weighted by Gasteiger charge is -2.16. The van der Waals surface area contributed by atoms with Crippen molar-refractivity contribution in [3.63, 3.8) is 0 Å². The number of fused-ring (bicyclic) bond motifs is 2. The summed E-state index contributed by atoms with van der Waals surface area (Å²) in [5, 5.41) is 9.18. The van der Waals surface area contributed by atoms with Crippen molar-refractivity contribution in [1.82, 2.24) is 4.98 Å². The average molecular weight is 924 g/mol. The van der Waals surface area contributed by atoms with Gasteiger partial charge in [0.1, 0.15) is 23.0 Å². The highest BCUT2D eigenvalue weighted by molar-refractivity contribution is 7.22. The largest absolute Gasteiger partial charge is 0.494 e. The van der Waals surface area contributed by atoms with Crippen LogP contribution in [-0.2, 0) is 9.53 Å². The lowest BCUT2D eigenvalue weighted by atomic mass is 10.1. The third-order valence-corrected chi connectivity index (χ3v) is 11.9. The minimum absolute atomic E-state index is 0.326. The normalized spacial score (nSPS) is 11.1. The predicted molar refractivity (Wildman–Crippen MR) is 269 cm³/mol. The van der Waals surface area contributed by atoms with E-state index in [1.165, 1.54) is 0 Å². The molecule has 0 atom stereocenters. The standard InChI is InChI=1S/C55H61N3O8S/c1-4-7-9-11-12-18-34-62-47-30-25-42(26-31-47)54(61)66-50-39-43-27-32-48(65-53(60)41-23-28-46(29-24-41)63-35-19-13-14-20-36-64-52(59)6-3)38-44(43)37-45(50)40-56-58(33-17-10-8-5-2)55-57-49-21-15-16-22-51(49)67-55/h4,6,15-16,21-32,37-40H,1,3,5,7-14,17-20,33-36H2,2H3/b56-40+. The maximum Gasteiger partial charge on any atom is 0.343 e. The van der Waals surface area contributed by atoms with E-state index in [0.717, 1.165) is 116 Å². The third kappa shape index (κ3) is 16.0. The highest BCUT2D eigenvalue weighted by atomic mass is 32.1. The molecule has 350 valence electrons. The van der Waals surface area contributed by atoms with Gasteiger partial charge in [-0.05, 0) is 147 Å². The Morgan fingerprint density at radius 2 is 1.28 bits per heavy atom. The Labute approximate surface area is 398 Å². The summed E-state index contributed by atoms with van der Waals surface area (Å²) in [4.78, 5) is 43.1. The Morgan fingerprint density at radius 1 is 0.657 bits per heavy atom. The molecule has 0 saturated carbocycles. The first-order chi connectivity index (χ1) is 32.8. The van der Waals surface area contributed by atoms with E-state index >= 15 is 0 Å². The molecule has 0 radical (unpaired) electrons. The molecule has 0 unspecified atom stereocenters. The number of carbonyl (C=O) groups excluding carboxylic acids is 3. The van der Waals surface area contributed by atoms with Crippen LogP contribution in [0.25, 0.3) is 21.0 Å². The highest BCUT2D eigenvalue weighted by Gasteiger charge is 2.17. The van der Waals surface area contributed by atoms with Gasteiger partial charge in [0.15, 0.2) is 0 Å². The molecule has 0 bridgehead atoms. The van der Waals surface area contributed by atoms with Crippen LogP contribution >= 0.6 is 11.3 Å². The fourth-order valence-corrected chi connectivity index (χ4v) is 8.08. The predicted octanol–water partition coefficient (Wildman–Crippen LogP) is 13.5. The van der Waals surface area contributed by atoms with E-state index in [1.807, 2.05) is 41.4 Å². The maximum absolute atomic E-state index is 13.7. The van der Waals surface area contributed by atoms with Gasteiger partial charge < -0.3 is 23.7 Å². The van der Waals surface area contributed by atoms with Crippen molar-refractivity contribution < 1.29 is 38.1 Å². The Hall–Kier alpha value is -6.79. The quantitative estimate of drug-likeness (QED) is 0.00853. The molecular formula is C55H61N3O8S. The molecule has 6 aromatic rings. The van der Waals surface area contributed by atoms with Crippen LogP contribution in [0, 0.1) is 0 Å². The van der Waals surface area contributed by atoms with Crippen molar-refractivity contribution in [2.45, 2.75) is 90.4 Å². The number of ether oxygens (including phenoxy) is 5. The molecule has 1 aromatic heterocycles. The van der Waals surface area contributed by atoms with Gasteiger partial charge in [0.25, 0.3) is 0 Å². The summed E-state index contributed by atoms with van der Waals surface area (Å²) < 4.78 is 29.9. The molecule has 11 nitrogen and oxygen atoms in total. The summed E-state index contributed by atoms with van der Waals surface area (Å²) in [5.41, 5.74) is 2.22. The van der Waals surface area contributed by atoms with Crippen molar-refractivity contribution in [3.8, 4) is 23.0 Å². The molecule has 0 fully saturated rings. The number of unbranched alkanes of at least 4 members (excludes halogenated alkanes) is 10. The lowest BCUT2D eigenvalue weighted by Crippen LogP contribution is -2.18. The van der Waals surface area contributed by atoms with Gasteiger partial charge >= 0.3 is 17.9 Å². The van der Waals surface area contributed by atoms with Crippen molar-refractivity contribution in [3.05, 3.63) is 145 Å². The first-order valence-electron chi connectivity index (χ1n) is 23.4. The number of esters is 3. The fourth-order valence-electron chi connectivity index (χ4n) is 7.13. The first kappa shape index (κ1) is 49.6. The molecule has 6 rings (SSSR count). The van der Waals surface area contributed by atoms with E-state index in [9.17, 15) is 14.4 Å². The molecule has 67 heavy (non-hydrogen) atoms. The second kappa shape index (κ2) is 27.0. The van der Waals surface area contributed by atoms with E-state index in [1.54, 1.807) is 84.3 Å². The van der Waals surface area contributed by atoms with Crippen molar-refractivity contribution >= 4 is 61.6 Å². The maximum atomic E-state index is 13.7. The molecule has 0 aliphatic carbocycles. The van der Waals surface area contributed by atoms with Crippen LogP contribution in [0.5, 0.6) is 23.0 Å². The van der Waals surface area contributed by atoms with Crippen LogP contribution in [-0.4, -0.2) is 55.5 Å². The van der Waals surface area contributed by atoms with Crippen molar-refractivity contribution in [2.24, 2.45) is 5.10 Å². The minimum Gasteiger partial charge on any atom is -0.494 e. The van der Waals surface area contributed by atoms with Gasteiger partial charge in [-0.15, -0.1) is 6.58 Å². The molecule has 5 aromatic carbocycles. The molecule has 0 spiro atoms. The second-order valence-corrected chi connectivity index (χ2v) is 17.1. The summed E-state index contributed by atoms with van der Waals surface area (Å²) in [7, 11) is 0. The van der Waals surface area contributed by atoms with Crippen molar-refractivity contribution in [2.75, 3.05) is 31.4 Å². The van der Waals surface area contributed by atoms with Crippen LogP contribution in [0.3, 0.4) is 0 Å². The molecule has 1 heterocycles. The van der Waals surface area contributed by atoms with Gasteiger partial charge in [-0.2, -0.15) is 5.10 Å². The van der Waals surface area contributed by atoms with Crippen LogP contribution in [0.1, 0.15) is 117 Å². The van der Waals surface area contributed by atoms with Crippen LogP contribution in [0.4, 0.5) is 5.13 Å². The summed E-state index contributed by atoms with van der Waals surface area (Å²) in [6, 6.07) is 30.9. The molecule has 0 amide bonds. The average Bonchev–Trinajstić information content (AvgIpc) is 3.79. The molecule has 0 saturated heterocycles. The van der Waals surface area contributed by atoms with E-state index in [2.05, 4.69) is 26.1 Å². The van der Waals surface area contributed by atoms with E-state index < -0.39 is 17.9 Å². The van der Waals surface area contributed by atoms with Gasteiger partial charge in [0.2, 0.25) is 5.13 Å². The van der Waals surface area contributed by atoms with Gasteiger partial charge in [0, 0.05) is 18.2 Å². The van der Waals surface area contributed by atoms with Gasteiger partial charge in [-0.3, -0.25) is 0 Å². The smallest absolute Gasteiger partial charge is 0.343 e. The summed E-state index contributed by atoms with van der Waals surface area (Å²) in [6.07, 6.45) is 17.9. The van der Waals surface area contributed by atoms with E-state index in [0.29, 0.717) is 66.1 Å².